The van der Waals surface area contributed by atoms with Gasteiger partial charge in [-0.3, -0.25) is 0 Å². The molecule has 5 aromatic rings. The summed E-state index contributed by atoms with van der Waals surface area (Å²) in [6.07, 6.45) is 2.60. The molecule has 0 bridgehead atoms. The molecule has 2 aromatic heterocycles. The molecule has 0 saturated heterocycles. The second-order valence-corrected chi connectivity index (χ2v) is 13.4. The highest BCUT2D eigenvalue weighted by molar-refractivity contribution is 14.1. The van der Waals surface area contributed by atoms with Crippen LogP contribution < -0.4 is 15.4 Å². The molecule has 0 aliphatic heterocycles. The second kappa shape index (κ2) is 12.5. The third-order valence-corrected chi connectivity index (χ3v) is 8.55. The molecule has 0 aliphatic rings. The predicted octanol–water partition coefficient (Wildman–Crippen LogP) is 5.95. The second-order valence-electron chi connectivity index (χ2n) is 9.05. The van der Waals surface area contributed by atoms with Crippen LogP contribution in [0.15, 0.2) is 72.4 Å². The lowest BCUT2D eigenvalue weighted by molar-refractivity contribution is 0.304. The van der Waals surface area contributed by atoms with Crippen molar-refractivity contribution in [2.24, 2.45) is 0 Å². The number of benzene rings is 3. The van der Waals surface area contributed by atoms with Crippen molar-refractivity contribution in [3.05, 3.63) is 92.3 Å². The summed E-state index contributed by atoms with van der Waals surface area (Å²) in [4.78, 5) is 13.2. The number of halogens is 2. The SMILES string of the molecule is CS(=O)(=O)CCNCc1nc(-c2cc3c(Nc4ccc(OCc5ccccc5)c(I)c4)ncnc3cc2F)cs1. The number of anilines is 2. The van der Waals surface area contributed by atoms with E-state index < -0.39 is 15.7 Å². The Kier molecular flexibility index (Phi) is 8.88. The molecular formula is C28H25FIN5O3S2. The molecule has 40 heavy (non-hydrogen) atoms. The Hall–Kier alpha value is -3.20. The molecule has 5 rings (SSSR count). The summed E-state index contributed by atoms with van der Waals surface area (Å²) < 4.78 is 44.6. The smallest absolute Gasteiger partial charge is 0.148 e. The molecule has 8 nitrogen and oxygen atoms in total. The van der Waals surface area contributed by atoms with Crippen LogP contribution in [0.25, 0.3) is 22.2 Å². The molecule has 0 fully saturated rings. The molecule has 2 N–H and O–H groups in total. The van der Waals surface area contributed by atoms with Crippen molar-refractivity contribution < 1.29 is 17.5 Å². The third kappa shape index (κ3) is 7.30. The average molecular weight is 690 g/mol. The minimum absolute atomic E-state index is 0.0444. The van der Waals surface area contributed by atoms with E-state index in [1.807, 2.05) is 48.5 Å². The lowest BCUT2D eigenvalue weighted by Gasteiger charge is -2.13. The van der Waals surface area contributed by atoms with Gasteiger partial charge in [0.05, 0.1) is 20.5 Å². The maximum Gasteiger partial charge on any atom is 0.148 e. The van der Waals surface area contributed by atoms with Crippen LogP contribution in [0, 0.1) is 9.39 Å². The fourth-order valence-electron chi connectivity index (χ4n) is 3.91. The van der Waals surface area contributed by atoms with Gasteiger partial charge >= 0.3 is 0 Å². The quantitative estimate of drug-likeness (QED) is 0.130. The number of sulfone groups is 1. The van der Waals surface area contributed by atoms with Gasteiger partial charge in [-0.05, 0) is 52.4 Å². The molecule has 0 spiro atoms. The van der Waals surface area contributed by atoms with Gasteiger partial charge in [0, 0.05) is 47.4 Å². The molecule has 12 heteroatoms. The summed E-state index contributed by atoms with van der Waals surface area (Å²) in [5.74, 6) is 0.923. The van der Waals surface area contributed by atoms with Crippen LogP contribution in [0.3, 0.4) is 0 Å². The van der Waals surface area contributed by atoms with Crippen LogP contribution in [0.2, 0.25) is 0 Å². The molecule has 2 heterocycles. The van der Waals surface area contributed by atoms with Gasteiger partial charge in [0.15, 0.2) is 0 Å². The zero-order chi connectivity index (χ0) is 28.1. The summed E-state index contributed by atoms with van der Waals surface area (Å²) in [5.41, 5.74) is 3.19. The van der Waals surface area contributed by atoms with Crippen LogP contribution in [-0.2, 0) is 23.0 Å². The van der Waals surface area contributed by atoms with E-state index in [0.717, 1.165) is 25.6 Å². The molecule has 0 saturated carbocycles. The Labute approximate surface area is 249 Å². The van der Waals surface area contributed by atoms with Crippen molar-refractivity contribution in [1.29, 1.82) is 0 Å². The Morgan fingerprint density at radius 3 is 2.67 bits per heavy atom. The largest absolute Gasteiger partial charge is 0.488 e. The van der Waals surface area contributed by atoms with Crippen molar-refractivity contribution in [2.45, 2.75) is 13.2 Å². The Morgan fingerprint density at radius 1 is 1.07 bits per heavy atom. The number of nitrogens with one attached hydrogen (secondary N) is 2. The highest BCUT2D eigenvalue weighted by Gasteiger charge is 2.15. The van der Waals surface area contributed by atoms with Crippen LogP contribution >= 0.6 is 33.9 Å². The lowest BCUT2D eigenvalue weighted by atomic mass is 10.1. The summed E-state index contributed by atoms with van der Waals surface area (Å²) in [6.45, 7) is 1.20. The number of hydrogen-bond donors (Lipinski definition) is 2. The summed E-state index contributed by atoms with van der Waals surface area (Å²) in [5, 5.41) is 9.56. The topological polar surface area (TPSA) is 106 Å². The van der Waals surface area contributed by atoms with Gasteiger partial charge in [-0.15, -0.1) is 11.3 Å². The van der Waals surface area contributed by atoms with Gasteiger partial charge < -0.3 is 15.4 Å². The zero-order valence-corrected chi connectivity index (χ0v) is 25.2. The molecule has 206 valence electrons. The van der Waals surface area contributed by atoms with E-state index in [-0.39, 0.29) is 5.75 Å². The molecule has 3 aromatic carbocycles. The Morgan fingerprint density at radius 2 is 1.90 bits per heavy atom. The first-order valence-electron chi connectivity index (χ1n) is 12.3. The minimum atomic E-state index is -3.04. The number of rotatable bonds is 11. The Balaban J connectivity index is 1.33. The van der Waals surface area contributed by atoms with E-state index in [9.17, 15) is 8.42 Å². The fourth-order valence-corrected chi connectivity index (χ4v) is 5.86. The average Bonchev–Trinajstić information content (AvgIpc) is 3.39. The van der Waals surface area contributed by atoms with Gasteiger partial charge in [0.1, 0.15) is 45.2 Å². The van der Waals surface area contributed by atoms with Crippen molar-refractivity contribution in [3.63, 3.8) is 0 Å². The maximum absolute atomic E-state index is 15.1. The van der Waals surface area contributed by atoms with Crippen LogP contribution in [0.5, 0.6) is 5.75 Å². The molecule has 0 unspecified atom stereocenters. The highest BCUT2D eigenvalue weighted by Crippen LogP contribution is 2.33. The van der Waals surface area contributed by atoms with Gasteiger partial charge in [0.2, 0.25) is 0 Å². The summed E-state index contributed by atoms with van der Waals surface area (Å²) >= 11 is 3.61. The number of nitrogens with zero attached hydrogens (tertiary/aromatic N) is 3. The normalized spacial score (nSPS) is 11.6. The first kappa shape index (κ1) is 28.3. The number of hydrogen-bond acceptors (Lipinski definition) is 9. The van der Waals surface area contributed by atoms with Crippen LogP contribution in [0.4, 0.5) is 15.9 Å². The zero-order valence-electron chi connectivity index (χ0n) is 21.4. The van der Waals surface area contributed by atoms with E-state index in [1.54, 1.807) is 11.4 Å². The third-order valence-electron chi connectivity index (χ3n) is 5.91. The number of aromatic nitrogens is 3. The first-order chi connectivity index (χ1) is 19.2. The van der Waals surface area contributed by atoms with Gasteiger partial charge in [0.25, 0.3) is 0 Å². The molecule has 0 amide bonds. The summed E-state index contributed by atoms with van der Waals surface area (Å²) in [7, 11) is -3.04. The minimum Gasteiger partial charge on any atom is -0.488 e. The first-order valence-corrected chi connectivity index (χ1v) is 16.3. The van der Waals surface area contributed by atoms with Crippen molar-refractivity contribution in [2.75, 3.05) is 23.9 Å². The van der Waals surface area contributed by atoms with Gasteiger partial charge in [-0.25, -0.2) is 27.8 Å². The van der Waals surface area contributed by atoms with E-state index in [0.29, 0.717) is 47.7 Å². The van der Waals surface area contributed by atoms with Crippen LogP contribution in [0.1, 0.15) is 10.6 Å². The standard InChI is InChI=1S/C28H25FIN5O3S2/c1-40(36,37)10-9-31-14-27-35-25(16-39-27)20-12-21-24(13-22(20)29)32-17-33-28(21)34-19-7-8-26(23(30)11-19)38-15-18-5-3-2-4-6-18/h2-8,11-13,16-17,31H,9-10,14-15H2,1H3,(H,32,33,34). The number of thiazole rings is 1. The van der Waals surface area contributed by atoms with Crippen LogP contribution in [-0.4, -0.2) is 41.9 Å². The maximum atomic E-state index is 15.1. The van der Waals surface area contributed by atoms with E-state index in [1.165, 1.54) is 30.0 Å². The summed E-state index contributed by atoms with van der Waals surface area (Å²) in [6, 6.07) is 18.8. The fraction of sp³-hybridized carbons (Fsp3) is 0.179. The molecule has 0 aliphatic carbocycles. The monoisotopic (exact) mass is 689 g/mol. The van der Waals surface area contributed by atoms with E-state index >= 15 is 4.39 Å². The lowest BCUT2D eigenvalue weighted by Crippen LogP contribution is -2.21. The molecular weight excluding hydrogens is 664 g/mol. The van der Waals surface area contributed by atoms with Gasteiger partial charge in [-0.2, -0.15) is 0 Å². The van der Waals surface area contributed by atoms with Crippen molar-refractivity contribution >= 4 is 66.2 Å². The molecule has 0 atom stereocenters. The number of fused-ring (bicyclic) bond motifs is 1. The highest BCUT2D eigenvalue weighted by atomic mass is 127. The van der Waals surface area contributed by atoms with Crippen molar-refractivity contribution in [1.82, 2.24) is 20.3 Å². The predicted molar refractivity (Wildman–Crippen MR) is 165 cm³/mol. The molecule has 0 radical (unpaired) electrons. The van der Waals surface area contributed by atoms with Crippen molar-refractivity contribution in [3.8, 4) is 17.0 Å². The Bertz CT molecular complexity index is 1750. The number of ether oxygens (including phenoxy) is 1. The van der Waals surface area contributed by atoms with Gasteiger partial charge in [-0.1, -0.05) is 30.3 Å². The van der Waals surface area contributed by atoms with E-state index in [4.69, 9.17) is 4.74 Å². The van der Waals surface area contributed by atoms with E-state index in [2.05, 4.69) is 48.2 Å².